The first-order chi connectivity index (χ1) is 20.6. The van der Waals surface area contributed by atoms with Gasteiger partial charge in [-0.3, -0.25) is 19.2 Å². The summed E-state index contributed by atoms with van der Waals surface area (Å²) in [6.07, 6.45) is -1.35. The first-order valence-corrected chi connectivity index (χ1v) is 13.0. The molecular weight excluding hydrogens is 588 g/mol. The van der Waals surface area contributed by atoms with Gasteiger partial charge in [0.1, 0.15) is 12.1 Å². The first-order valence-electron chi connectivity index (χ1n) is 13.0. The SMILES string of the molecule is CC(C)[C@H](NC(=O)[C@H](CC(=O)O)NC(=O)CC(=O)c1cccc(-n2c(O)c(CCCN=C(N)N[N+](=O)[O-])[nH]c2=O)c1)C(=O)O. The fourth-order valence-electron chi connectivity index (χ4n) is 3.93. The first kappa shape index (κ1) is 34.5. The van der Waals surface area contributed by atoms with Gasteiger partial charge in [-0.1, -0.05) is 31.4 Å². The zero-order valence-electron chi connectivity index (χ0n) is 23.6. The maximum Gasteiger partial charge on any atom is 0.333 e. The summed E-state index contributed by atoms with van der Waals surface area (Å²) in [6.45, 7) is 3.08. The number of aromatic hydroxyl groups is 1. The number of H-pyrrole nitrogens is 1. The number of imidazole rings is 1. The van der Waals surface area contributed by atoms with Crippen LogP contribution in [0.3, 0.4) is 0 Å². The number of nitrogens with two attached hydrogens (primary N) is 1. The number of hydrogen-bond donors (Lipinski definition) is 8. The van der Waals surface area contributed by atoms with Gasteiger partial charge in [0.25, 0.3) is 5.96 Å². The number of nitrogens with one attached hydrogen (secondary N) is 4. The molecule has 238 valence electrons. The molecule has 1 aromatic carbocycles. The van der Waals surface area contributed by atoms with E-state index in [-0.39, 0.29) is 36.3 Å². The van der Waals surface area contributed by atoms with Crippen molar-refractivity contribution in [2.24, 2.45) is 16.6 Å². The molecule has 2 amide bonds. The van der Waals surface area contributed by atoms with Crippen molar-refractivity contribution in [3.05, 3.63) is 56.1 Å². The second-order valence-corrected chi connectivity index (χ2v) is 9.74. The van der Waals surface area contributed by atoms with Crippen LogP contribution in [-0.2, 0) is 25.6 Å². The number of nitrogens with zero attached hydrogens (tertiary/aromatic N) is 3. The minimum atomic E-state index is -1.67. The summed E-state index contributed by atoms with van der Waals surface area (Å²) in [6, 6.07) is 2.34. The summed E-state index contributed by atoms with van der Waals surface area (Å²) in [4.78, 5) is 89.8. The topological polar surface area (TPSA) is 301 Å². The monoisotopic (exact) mass is 620 g/mol. The summed E-state index contributed by atoms with van der Waals surface area (Å²) in [5.41, 5.74) is 6.37. The summed E-state index contributed by atoms with van der Waals surface area (Å²) in [7, 11) is 0. The second kappa shape index (κ2) is 15.5. The number of aromatic amines is 1. The normalized spacial score (nSPS) is 12.7. The number of aromatic nitrogens is 2. The van der Waals surface area contributed by atoms with Gasteiger partial charge in [0.2, 0.25) is 17.7 Å². The van der Waals surface area contributed by atoms with E-state index in [1.165, 1.54) is 38.1 Å². The van der Waals surface area contributed by atoms with Crippen LogP contribution in [0.4, 0.5) is 0 Å². The van der Waals surface area contributed by atoms with Crippen molar-refractivity contribution in [2.45, 2.75) is 51.6 Å². The predicted octanol–water partition coefficient (Wildman–Crippen LogP) is -1.34. The molecule has 0 saturated heterocycles. The average molecular weight is 621 g/mol. The van der Waals surface area contributed by atoms with Gasteiger partial charge in [-0.05, 0) is 30.9 Å². The number of aliphatic imine (C=N–C) groups is 1. The highest BCUT2D eigenvalue weighted by Gasteiger charge is 2.30. The quantitative estimate of drug-likeness (QED) is 0.0205. The molecule has 0 saturated carbocycles. The van der Waals surface area contributed by atoms with Gasteiger partial charge >= 0.3 is 17.6 Å². The van der Waals surface area contributed by atoms with Crippen molar-refractivity contribution in [3.63, 3.8) is 0 Å². The third-order valence-electron chi connectivity index (χ3n) is 6.02. The summed E-state index contributed by atoms with van der Waals surface area (Å²) >= 11 is 0. The number of guanidine groups is 1. The molecule has 9 N–H and O–H groups in total. The highest BCUT2D eigenvalue weighted by Crippen LogP contribution is 2.21. The summed E-state index contributed by atoms with van der Waals surface area (Å²) in [5.74, 6) is -7.09. The molecule has 0 radical (unpaired) electrons. The molecule has 19 heteroatoms. The van der Waals surface area contributed by atoms with Gasteiger partial charge in [0.05, 0.1) is 24.2 Å². The van der Waals surface area contributed by atoms with Crippen LogP contribution in [0, 0.1) is 16.0 Å². The summed E-state index contributed by atoms with van der Waals surface area (Å²) < 4.78 is 0.874. The molecule has 0 aliphatic rings. The lowest BCUT2D eigenvalue weighted by molar-refractivity contribution is -0.525. The highest BCUT2D eigenvalue weighted by molar-refractivity contribution is 6.08. The predicted molar refractivity (Wildman–Crippen MR) is 151 cm³/mol. The Morgan fingerprint density at radius 2 is 1.84 bits per heavy atom. The molecule has 0 aliphatic carbocycles. The Bertz CT molecular complexity index is 1510. The average Bonchev–Trinajstić information content (AvgIpc) is 3.20. The minimum Gasteiger partial charge on any atom is -0.493 e. The molecule has 2 aromatic rings. The zero-order chi connectivity index (χ0) is 33.1. The number of carbonyl (C=O) groups excluding carboxylic acids is 3. The number of carbonyl (C=O) groups is 5. The number of aliphatic carboxylic acids is 2. The number of hydrogen-bond acceptors (Lipinski definition) is 10. The molecule has 0 bridgehead atoms. The van der Waals surface area contributed by atoms with Gasteiger partial charge < -0.3 is 36.7 Å². The Kier molecular flexibility index (Phi) is 12.1. The largest absolute Gasteiger partial charge is 0.493 e. The van der Waals surface area contributed by atoms with E-state index in [9.17, 15) is 49.1 Å². The van der Waals surface area contributed by atoms with Gasteiger partial charge in [-0.2, -0.15) is 0 Å². The number of nitro groups is 1. The van der Waals surface area contributed by atoms with Crippen LogP contribution in [0.25, 0.3) is 5.69 Å². The van der Waals surface area contributed by atoms with Crippen LogP contribution in [-0.4, -0.2) is 84.0 Å². The van der Waals surface area contributed by atoms with Crippen LogP contribution < -0.4 is 27.5 Å². The van der Waals surface area contributed by atoms with Gasteiger partial charge in [0, 0.05) is 12.1 Å². The van der Waals surface area contributed by atoms with E-state index < -0.39 is 82.9 Å². The highest BCUT2D eigenvalue weighted by atomic mass is 16.7. The Hall–Kier alpha value is -5.75. The Labute approximate surface area is 248 Å². The van der Waals surface area contributed by atoms with E-state index in [0.29, 0.717) is 0 Å². The lowest BCUT2D eigenvalue weighted by Crippen LogP contribution is -2.53. The Morgan fingerprint density at radius 3 is 2.43 bits per heavy atom. The lowest BCUT2D eigenvalue weighted by Gasteiger charge is -2.22. The van der Waals surface area contributed by atoms with Crippen molar-refractivity contribution in [1.29, 1.82) is 0 Å². The third kappa shape index (κ3) is 9.96. The van der Waals surface area contributed by atoms with Crippen molar-refractivity contribution < 1.29 is 44.3 Å². The molecular formula is C25H32N8O11. The fraction of sp³-hybridized carbons (Fsp3) is 0.400. The lowest BCUT2D eigenvalue weighted by atomic mass is 10.0. The maximum absolute atomic E-state index is 12.9. The third-order valence-corrected chi connectivity index (χ3v) is 6.02. The van der Waals surface area contributed by atoms with Crippen LogP contribution in [0.2, 0.25) is 0 Å². The molecule has 1 aromatic heterocycles. The Morgan fingerprint density at radius 1 is 1.16 bits per heavy atom. The van der Waals surface area contributed by atoms with Crippen molar-refractivity contribution in [1.82, 2.24) is 25.6 Å². The van der Waals surface area contributed by atoms with Crippen LogP contribution in [0.1, 0.15) is 49.2 Å². The number of carboxylic acid groups (broad SMARTS) is 2. The van der Waals surface area contributed by atoms with Crippen LogP contribution >= 0.6 is 0 Å². The molecule has 1 heterocycles. The molecule has 0 spiro atoms. The van der Waals surface area contributed by atoms with E-state index in [0.717, 1.165) is 4.57 Å². The van der Waals surface area contributed by atoms with Gasteiger partial charge in [-0.25, -0.2) is 29.3 Å². The van der Waals surface area contributed by atoms with Gasteiger partial charge in [-0.15, -0.1) is 0 Å². The molecule has 2 atom stereocenters. The second-order valence-electron chi connectivity index (χ2n) is 9.74. The summed E-state index contributed by atoms with van der Waals surface area (Å²) in [5, 5.41) is 42.8. The van der Waals surface area contributed by atoms with Crippen molar-refractivity contribution >= 4 is 35.5 Å². The molecule has 19 nitrogen and oxygen atoms in total. The number of carboxylic acids is 2. The smallest absolute Gasteiger partial charge is 0.333 e. The van der Waals surface area contributed by atoms with E-state index in [4.69, 9.17) is 10.8 Å². The zero-order valence-corrected chi connectivity index (χ0v) is 23.6. The van der Waals surface area contributed by atoms with Crippen molar-refractivity contribution in [3.8, 4) is 11.6 Å². The van der Waals surface area contributed by atoms with E-state index in [1.54, 1.807) is 5.43 Å². The molecule has 44 heavy (non-hydrogen) atoms. The molecule has 0 fully saturated rings. The van der Waals surface area contributed by atoms with Crippen LogP contribution in [0.15, 0.2) is 34.1 Å². The number of benzene rings is 1. The minimum absolute atomic E-state index is 0.0399. The molecule has 2 rings (SSSR count). The molecule has 0 unspecified atom stereocenters. The van der Waals surface area contributed by atoms with E-state index >= 15 is 0 Å². The number of amides is 2. The number of ketones is 1. The van der Waals surface area contributed by atoms with Crippen LogP contribution in [0.5, 0.6) is 5.88 Å². The number of hydrazine groups is 1. The number of aryl methyl sites for hydroxylation is 1. The Balaban J connectivity index is 2.13. The fourth-order valence-corrected chi connectivity index (χ4v) is 3.93. The molecule has 0 aliphatic heterocycles. The van der Waals surface area contributed by atoms with E-state index in [1.807, 2.05) is 0 Å². The van der Waals surface area contributed by atoms with Crippen molar-refractivity contribution in [2.75, 3.05) is 6.54 Å². The number of Topliss-reactive ketones (excluding diaryl/α,β-unsaturated/α-hetero) is 1. The standard InChI is InChI=1S/C25H32N8O11/c1-12(2)20(23(40)41)30-21(38)16(10-19(36)37)28-18(35)11-17(34)13-5-3-6-14(9-13)32-22(39)15(29-25(32)42)7-4-8-27-24(26)31-33(43)44/h3,5-6,9,12,16,20,39H,4,7-8,10-11H2,1-2H3,(H,28,35)(H,29,42)(H,30,38)(H,36,37)(H,40,41)(H3,26,27,31)/t16-,20-/m0/s1. The van der Waals surface area contributed by atoms with Gasteiger partial charge in [0.15, 0.2) is 10.8 Å². The maximum atomic E-state index is 12.9. The number of rotatable bonds is 16. The van der Waals surface area contributed by atoms with E-state index in [2.05, 4.69) is 20.6 Å².